The van der Waals surface area contributed by atoms with E-state index in [4.69, 9.17) is 22.1 Å². The fourth-order valence-electron chi connectivity index (χ4n) is 1.14. The van der Waals surface area contributed by atoms with Crippen molar-refractivity contribution in [1.29, 1.82) is 0 Å². The van der Waals surface area contributed by atoms with Gasteiger partial charge in [0.25, 0.3) is 0 Å². The molecular formula is C13H16ClNO. The number of hydrogen-bond acceptors (Lipinski definition) is 2. The Bertz CT molecular complexity index is 399. The zero-order chi connectivity index (χ0) is 12.0. The topological polar surface area (TPSA) is 35.2 Å². The Morgan fingerprint density at radius 1 is 1.56 bits per heavy atom. The van der Waals surface area contributed by atoms with Crippen LogP contribution in [0.25, 0.3) is 6.08 Å². The van der Waals surface area contributed by atoms with E-state index in [-0.39, 0.29) is 0 Å². The third-order valence-electron chi connectivity index (χ3n) is 1.88. The van der Waals surface area contributed by atoms with E-state index < -0.39 is 0 Å². The van der Waals surface area contributed by atoms with Crippen molar-refractivity contribution in [3.63, 3.8) is 0 Å². The van der Waals surface area contributed by atoms with Gasteiger partial charge in [-0.05, 0) is 30.2 Å². The van der Waals surface area contributed by atoms with Crippen LogP contribution in [0.4, 0.5) is 0 Å². The number of halogens is 1. The van der Waals surface area contributed by atoms with Gasteiger partial charge in [0.05, 0.1) is 5.02 Å². The molecule has 3 heteroatoms. The minimum Gasteiger partial charge on any atom is -0.488 e. The average Bonchev–Trinajstić information content (AvgIpc) is 2.24. The van der Waals surface area contributed by atoms with Crippen molar-refractivity contribution in [2.45, 2.75) is 6.92 Å². The van der Waals surface area contributed by atoms with E-state index >= 15 is 0 Å². The highest BCUT2D eigenvalue weighted by Crippen LogP contribution is 2.26. The second kappa shape index (κ2) is 6.36. The summed E-state index contributed by atoms with van der Waals surface area (Å²) in [6.07, 6.45) is 3.80. The Balaban J connectivity index is 2.75. The molecule has 16 heavy (non-hydrogen) atoms. The van der Waals surface area contributed by atoms with Crippen LogP contribution in [-0.2, 0) is 0 Å². The van der Waals surface area contributed by atoms with E-state index in [1.54, 1.807) is 0 Å². The summed E-state index contributed by atoms with van der Waals surface area (Å²) < 4.78 is 5.48. The minimum atomic E-state index is 0.484. The van der Waals surface area contributed by atoms with Crippen molar-refractivity contribution in [3.05, 3.63) is 47.0 Å². The maximum Gasteiger partial charge on any atom is 0.138 e. The molecule has 0 atom stereocenters. The number of rotatable bonds is 5. The van der Waals surface area contributed by atoms with Crippen LogP contribution >= 0.6 is 11.6 Å². The summed E-state index contributed by atoms with van der Waals surface area (Å²) in [5, 5.41) is 0.598. The smallest absolute Gasteiger partial charge is 0.138 e. The second-order valence-corrected chi connectivity index (χ2v) is 3.98. The van der Waals surface area contributed by atoms with Gasteiger partial charge in [-0.15, -0.1) is 0 Å². The zero-order valence-electron chi connectivity index (χ0n) is 9.37. The minimum absolute atomic E-state index is 0.484. The molecule has 2 N–H and O–H groups in total. The van der Waals surface area contributed by atoms with Crippen LogP contribution in [-0.4, -0.2) is 13.2 Å². The first-order valence-corrected chi connectivity index (χ1v) is 5.44. The second-order valence-electron chi connectivity index (χ2n) is 3.57. The van der Waals surface area contributed by atoms with E-state index in [0.717, 1.165) is 11.1 Å². The van der Waals surface area contributed by atoms with Crippen molar-refractivity contribution in [3.8, 4) is 5.75 Å². The molecule has 0 aliphatic heterocycles. The van der Waals surface area contributed by atoms with Gasteiger partial charge < -0.3 is 10.5 Å². The normalized spacial score (nSPS) is 10.7. The van der Waals surface area contributed by atoms with Gasteiger partial charge in [0.15, 0.2) is 0 Å². The number of benzene rings is 1. The van der Waals surface area contributed by atoms with Gasteiger partial charge >= 0.3 is 0 Å². The van der Waals surface area contributed by atoms with Gasteiger partial charge in [-0.2, -0.15) is 0 Å². The van der Waals surface area contributed by atoms with E-state index in [1.165, 1.54) is 0 Å². The van der Waals surface area contributed by atoms with Crippen LogP contribution in [0.15, 0.2) is 36.4 Å². The predicted molar refractivity (Wildman–Crippen MR) is 69.8 cm³/mol. The molecule has 1 aromatic rings. The van der Waals surface area contributed by atoms with Gasteiger partial charge in [-0.1, -0.05) is 36.4 Å². The summed E-state index contributed by atoms with van der Waals surface area (Å²) in [4.78, 5) is 0. The lowest BCUT2D eigenvalue weighted by molar-refractivity contribution is 0.353. The van der Waals surface area contributed by atoms with Gasteiger partial charge in [0.2, 0.25) is 0 Å². The largest absolute Gasteiger partial charge is 0.488 e. The summed E-state index contributed by atoms with van der Waals surface area (Å²) in [6, 6.07) is 5.63. The summed E-state index contributed by atoms with van der Waals surface area (Å²) in [7, 11) is 0. The molecule has 0 fully saturated rings. The maximum atomic E-state index is 6.07. The Morgan fingerprint density at radius 2 is 2.31 bits per heavy atom. The molecule has 0 amide bonds. The van der Waals surface area contributed by atoms with Crippen molar-refractivity contribution >= 4 is 17.7 Å². The van der Waals surface area contributed by atoms with Crippen molar-refractivity contribution in [1.82, 2.24) is 0 Å². The van der Waals surface area contributed by atoms with Gasteiger partial charge in [0.1, 0.15) is 12.4 Å². The van der Waals surface area contributed by atoms with E-state index in [1.807, 2.05) is 37.3 Å². The first-order valence-electron chi connectivity index (χ1n) is 5.07. The van der Waals surface area contributed by atoms with Crippen LogP contribution < -0.4 is 10.5 Å². The monoisotopic (exact) mass is 237 g/mol. The molecule has 0 saturated carbocycles. The maximum absolute atomic E-state index is 6.07. The van der Waals surface area contributed by atoms with Gasteiger partial charge in [-0.25, -0.2) is 0 Å². The lowest BCUT2D eigenvalue weighted by Crippen LogP contribution is -1.98. The van der Waals surface area contributed by atoms with Crippen LogP contribution in [0.5, 0.6) is 5.75 Å². The number of ether oxygens (including phenoxy) is 1. The average molecular weight is 238 g/mol. The molecule has 0 aliphatic rings. The quantitative estimate of drug-likeness (QED) is 0.798. The zero-order valence-corrected chi connectivity index (χ0v) is 10.1. The summed E-state index contributed by atoms with van der Waals surface area (Å²) in [6.45, 7) is 6.68. The number of nitrogens with two attached hydrogens (primary N) is 1. The lowest BCUT2D eigenvalue weighted by atomic mass is 10.2. The molecule has 0 heterocycles. The van der Waals surface area contributed by atoms with Gasteiger partial charge in [-0.3, -0.25) is 0 Å². The molecule has 0 aliphatic carbocycles. The van der Waals surface area contributed by atoms with E-state index in [0.29, 0.717) is 23.9 Å². The fraction of sp³-hybridized carbons (Fsp3) is 0.231. The predicted octanol–water partition coefficient (Wildman–Crippen LogP) is 3.27. The third kappa shape index (κ3) is 4.09. The Morgan fingerprint density at radius 3 is 2.88 bits per heavy atom. The molecular weight excluding hydrogens is 222 g/mol. The fourth-order valence-corrected chi connectivity index (χ4v) is 1.39. The molecule has 1 aromatic carbocycles. The van der Waals surface area contributed by atoms with Crippen LogP contribution in [0.2, 0.25) is 5.02 Å². The molecule has 0 unspecified atom stereocenters. The highest BCUT2D eigenvalue weighted by Gasteiger charge is 2.01. The molecule has 1 rings (SSSR count). The highest BCUT2D eigenvalue weighted by atomic mass is 35.5. The Kier molecular flexibility index (Phi) is 5.09. The first-order chi connectivity index (χ1) is 7.63. The van der Waals surface area contributed by atoms with Crippen LogP contribution in [0.3, 0.4) is 0 Å². The standard InChI is InChI=1S/C13H16ClNO/c1-10(2)9-16-13-6-5-11(4-3-7-15)8-12(13)14/h3-6,8H,1,7,9,15H2,2H3/b4-3+. The molecule has 0 aromatic heterocycles. The molecule has 0 radical (unpaired) electrons. The molecule has 86 valence electrons. The molecule has 0 bridgehead atoms. The van der Waals surface area contributed by atoms with Crippen molar-refractivity contribution in [2.75, 3.05) is 13.2 Å². The summed E-state index contributed by atoms with van der Waals surface area (Å²) in [5.74, 6) is 0.676. The Labute approximate surface area is 101 Å². The highest BCUT2D eigenvalue weighted by molar-refractivity contribution is 6.32. The van der Waals surface area contributed by atoms with Crippen LogP contribution in [0, 0.1) is 0 Å². The van der Waals surface area contributed by atoms with Gasteiger partial charge in [0, 0.05) is 6.54 Å². The molecule has 0 spiro atoms. The lowest BCUT2D eigenvalue weighted by Gasteiger charge is -2.08. The van der Waals surface area contributed by atoms with E-state index in [9.17, 15) is 0 Å². The Hall–Kier alpha value is -1.25. The number of hydrogen-bond donors (Lipinski definition) is 1. The first kappa shape index (κ1) is 12.8. The summed E-state index contributed by atoms with van der Waals surface area (Å²) >= 11 is 6.07. The van der Waals surface area contributed by atoms with Crippen molar-refractivity contribution in [2.24, 2.45) is 5.73 Å². The van der Waals surface area contributed by atoms with Crippen LogP contribution in [0.1, 0.15) is 12.5 Å². The van der Waals surface area contributed by atoms with E-state index in [2.05, 4.69) is 6.58 Å². The third-order valence-corrected chi connectivity index (χ3v) is 2.17. The SMILES string of the molecule is C=C(C)COc1ccc(/C=C/CN)cc1Cl. The molecule has 2 nitrogen and oxygen atoms in total. The summed E-state index contributed by atoms with van der Waals surface area (Å²) in [5.41, 5.74) is 7.34. The van der Waals surface area contributed by atoms with Crippen molar-refractivity contribution < 1.29 is 4.74 Å². The molecule has 0 saturated heterocycles.